The lowest BCUT2D eigenvalue weighted by molar-refractivity contribution is -0.136. The second-order valence-corrected chi connectivity index (χ2v) is 2.96. The lowest BCUT2D eigenvalue weighted by Crippen LogP contribution is -2.40. The number of halogens is 1. The summed E-state index contributed by atoms with van der Waals surface area (Å²) in [6.07, 6.45) is 0. The van der Waals surface area contributed by atoms with Gasteiger partial charge in [-0.3, -0.25) is 9.59 Å². The third kappa shape index (κ3) is 2.99. The van der Waals surface area contributed by atoms with Gasteiger partial charge in [-0.1, -0.05) is 13.8 Å². The molecular formula is C7H12ClNO2. The maximum absolute atomic E-state index is 11.0. The van der Waals surface area contributed by atoms with Crippen LogP contribution in [0.1, 0.15) is 13.8 Å². The van der Waals surface area contributed by atoms with Gasteiger partial charge in [0.25, 0.3) is 0 Å². The Morgan fingerprint density at radius 3 is 2.18 bits per heavy atom. The molecule has 4 heteroatoms. The van der Waals surface area contributed by atoms with Crippen LogP contribution in [0.3, 0.4) is 0 Å². The molecule has 11 heavy (non-hydrogen) atoms. The molecule has 0 heterocycles. The topological polar surface area (TPSA) is 60.2 Å². The van der Waals surface area contributed by atoms with Crippen LogP contribution in [-0.2, 0) is 9.59 Å². The van der Waals surface area contributed by atoms with Crippen LogP contribution in [-0.4, -0.2) is 23.5 Å². The summed E-state index contributed by atoms with van der Waals surface area (Å²) in [7, 11) is 0. The molecule has 0 radical (unpaired) electrons. The second-order valence-electron chi connectivity index (χ2n) is 2.69. The van der Waals surface area contributed by atoms with Crippen LogP contribution in [0.15, 0.2) is 0 Å². The van der Waals surface area contributed by atoms with Crippen molar-refractivity contribution in [2.75, 3.05) is 5.88 Å². The third-order valence-corrected chi connectivity index (χ3v) is 1.66. The average molecular weight is 178 g/mol. The van der Waals surface area contributed by atoms with Crippen LogP contribution in [0.4, 0.5) is 0 Å². The molecular weight excluding hydrogens is 166 g/mol. The quantitative estimate of drug-likeness (QED) is 0.498. The van der Waals surface area contributed by atoms with Gasteiger partial charge in [0, 0.05) is 0 Å². The molecule has 0 fully saturated rings. The van der Waals surface area contributed by atoms with Crippen molar-refractivity contribution in [3.63, 3.8) is 0 Å². The molecule has 0 aromatic rings. The van der Waals surface area contributed by atoms with Gasteiger partial charge in [0.2, 0.25) is 11.6 Å². The molecule has 0 aliphatic carbocycles. The number of nitrogens with two attached hydrogens (primary N) is 1. The van der Waals surface area contributed by atoms with Crippen molar-refractivity contribution in [3.8, 4) is 0 Å². The van der Waals surface area contributed by atoms with Gasteiger partial charge in [-0.05, 0) is 5.92 Å². The molecule has 0 rings (SSSR count). The van der Waals surface area contributed by atoms with Crippen LogP contribution in [0, 0.1) is 5.92 Å². The predicted molar refractivity (Wildman–Crippen MR) is 43.5 cm³/mol. The number of carbonyl (C=O) groups excluding carboxylic acids is 2. The number of hydrogen-bond donors (Lipinski definition) is 1. The van der Waals surface area contributed by atoms with E-state index in [4.69, 9.17) is 17.3 Å². The fraction of sp³-hybridized carbons (Fsp3) is 0.714. The Labute approximate surface area is 70.9 Å². The van der Waals surface area contributed by atoms with Gasteiger partial charge in [0.05, 0.1) is 11.9 Å². The van der Waals surface area contributed by atoms with Gasteiger partial charge in [0.1, 0.15) is 0 Å². The van der Waals surface area contributed by atoms with Crippen LogP contribution in [0.25, 0.3) is 0 Å². The van der Waals surface area contributed by atoms with Crippen molar-refractivity contribution in [2.24, 2.45) is 11.7 Å². The molecule has 0 amide bonds. The first kappa shape index (κ1) is 10.6. The van der Waals surface area contributed by atoms with E-state index in [1.165, 1.54) is 0 Å². The zero-order chi connectivity index (χ0) is 9.02. The van der Waals surface area contributed by atoms with Crippen molar-refractivity contribution in [3.05, 3.63) is 0 Å². The maximum atomic E-state index is 11.0. The summed E-state index contributed by atoms with van der Waals surface area (Å²) >= 11 is 5.17. The van der Waals surface area contributed by atoms with Gasteiger partial charge >= 0.3 is 0 Å². The van der Waals surface area contributed by atoms with Crippen molar-refractivity contribution in [1.82, 2.24) is 0 Å². The Bertz CT molecular complexity index is 168. The van der Waals surface area contributed by atoms with E-state index < -0.39 is 17.6 Å². The van der Waals surface area contributed by atoms with E-state index in [-0.39, 0.29) is 11.8 Å². The lowest BCUT2D eigenvalue weighted by Gasteiger charge is -2.11. The van der Waals surface area contributed by atoms with Gasteiger partial charge < -0.3 is 5.73 Å². The summed E-state index contributed by atoms with van der Waals surface area (Å²) in [5, 5.41) is 0. The average Bonchev–Trinajstić information content (AvgIpc) is 2.00. The van der Waals surface area contributed by atoms with Gasteiger partial charge in [0.15, 0.2) is 0 Å². The molecule has 1 atom stereocenters. The van der Waals surface area contributed by atoms with Crippen LogP contribution in [0.5, 0.6) is 0 Å². The minimum Gasteiger partial charge on any atom is -0.321 e. The molecule has 3 nitrogen and oxygen atoms in total. The first-order chi connectivity index (χ1) is 5.00. The first-order valence-corrected chi connectivity index (χ1v) is 3.92. The SMILES string of the molecule is CC(C)[C@H](N)C(=O)C(=O)CCl. The molecule has 2 N–H and O–H groups in total. The van der Waals surface area contributed by atoms with E-state index in [1.807, 2.05) is 0 Å². The maximum Gasteiger partial charge on any atom is 0.216 e. The van der Waals surface area contributed by atoms with E-state index in [1.54, 1.807) is 13.8 Å². The van der Waals surface area contributed by atoms with Gasteiger partial charge in [-0.15, -0.1) is 11.6 Å². The first-order valence-electron chi connectivity index (χ1n) is 3.39. The standard InChI is InChI=1S/C7H12ClNO2/c1-4(2)6(9)7(11)5(10)3-8/h4,6H,3,9H2,1-2H3/t6-/m0/s1. The summed E-state index contributed by atoms with van der Waals surface area (Å²) in [6.45, 7) is 3.56. The summed E-state index contributed by atoms with van der Waals surface area (Å²) in [5.41, 5.74) is 5.41. The van der Waals surface area contributed by atoms with Crippen molar-refractivity contribution >= 4 is 23.2 Å². The molecule has 0 aromatic carbocycles. The van der Waals surface area contributed by atoms with E-state index in [2.05, 4.69) is 0 Å². The smallest absolute Gasteiger partial charge is 0.216 e. The monoisotopic (exact) mass is 177 g/mol. The number of carbonyl (C=O) groups is 2. The van der Waals surface area contributed by atoms with E-state index in [0.29, 0.717) is 0 Å². The highest BCUT2D eigenvalue weighted by molar-refractivity contribution is 6.48. The highest BCUT2D eigenvalue weighted by atomic mass is 35.5. The Morgan fingerprint density at radius 2 is 1.91 bits per heavy atom. The predicted octanol–water partition coefficient (Wildman–Crippen LogP) is 0.347. The lowest BCUT2D eigenvalue weighted by atomic mass is 9.99. The molecule has 0 aliphatic rings. The number of alkyl halides is 1. The molecule has 0 aromatic heterocycles. The molecule has 0 saturated carbocycles. The van der Waals surface area contributed by atoms with E-state index in [9.17, 15) is 9.59 Å². The Morgan fingerprint density at radius 1 is 1.45 bits per heavy atom. The van der Waals surface area contributed by atoms with Crippen LogP contribution in [0.2, 0.25) is 0 Å². The molecule has 64 valence electrons. The molecule has 0 bridgehead atoms. The molecule has 0 spiro atoms. The van der Waals surface area contributed by atoms with Crippen molar-refractivity contribution < 1.29 is 9.59 Å². The molecule has 0 saturated heterocycles. The fourth-order valence-corrected chi connectivity index (χ4v) is 0.686. The van der Waals surface area contributed by atoms with Crippen molar-refractivity contribution in [2.45, 2.75) is 19.9 Å². The highest BCUT2D eigenvalue weighted by Gasteiger charge is 2.22. The number of ketones is 2. The summed E-state index contributed by atoms with van der Waals surface area (Å²) in [5.74, 6) is -1.48. The fourth-order valence-electron chi connectivity index (χ4n) is 0.554. The zero-order valence-electron chi connectivity index (χ0n) is 6.63. The number of Topliss-reactive ketones (excluding diaryl/α,β-unsaturated/α-hetero) is 2. The van der Waals surface area contributed by atoms with Gasteiger partial charge in [-0.2, -0.15) is 0 Å². The highest BCUT2D eigenvalue weighted by Crippen LogP contribution is 2.00. The second kappa shape index (κ2) is 4.46. The van der Waals surface area contributed by atoms with E-state index >= 15 is 0 Å². The van der Waals surface area contributed by atoms with Crippen LogP contribution >= 0.6 is 11.6 Å². The number of rotatable bonds is 4. The molecule has 0 aliphatic heterocycles. The normalized spacial score (nSPS) is 13.2. The molecule has 0 unspecified atom stereocenters. The van der Waals surface area contributed by atoms with Crippen molar-refractivity contribution in [1.29, 1.82) is 0 Å². The Kier molecular flexibility index (Phi) is 4.30. The summed E-state index contributed by atoms with van der Waals surface area (Å²) in [4.78, 5) is 21.7. The number of hydrogen-bond acceptors (Lipinski definition) is 3. The third-order valence-electron chi connectivity index (χ3n) is 1.42. The van der Waals surface area contributed by atoms with Gasteiger partial charge in [-0.25, -0.2) is 0 Å². The Hall–Kier alpha value is -0.410. The zero-order valence-corrected chi connectivity index (χ0v) is 7.39. The minimum atomic E-state index is -0.707. The minimum absolute atomic E-state index is 0.0188. The summed E-state index contributed by atoms with van der Waals surface area (Å²) in [6, 6.07) is -0.707. The van der Waals surface area contributed by atoms with E-state index in [0.717, 1.165) is 0 Å². The largest absolute Gasteiger partial charge is 0.321 e. The Balaban J connectivity index is 4.14. The van der Waals surface area contributed by atoms with Crippen LogP contribution < -0.4 is 5.73 Å². The summed E-state index contributed by atoms with van der Waals surface area (Å²) < 4.78 is 0.